The van der Waals surface area contributed by atoms with Crippen molar-refractivity contribution in [2.75, 3.05) is 19.6 Å². The highest BCUT2D eigenvalue weighted by Gasteiger charge is 2.50. The molecular weight excluding hydrogens is 201 g/mol. The van der Waals surface area contributed by atoms with Gasteiger partial charge < -0.3 is 15.7 Å². The van der Waals surface area contributed by atoms with Crippen LogP contribution in [0.3, 0.4) is 0 Å². The number of alkyl halides is 3. The van der Waals surface area contributed by atoms with Gasteiger partial charge in [-0.3, -0.25) is 4.79 Å². The Morgan fingerprint density at radius 1 is 1.50 bits per heavy atom. The third-order valence-corrected chi connectivity index (χ3v) is 1.99. The summed E-state index contributed by atoms with van der Waals surface area (Å²) in [4.78, 5) is 11.0. The fourth-order valence-electron chi connectivity index (χ4n) is 1.19. The largest absolute Gasteiger partial charge is 0.361 e. The number of nitrogens with one attached hydrogen (secondary N) is 2. The number of rotatable bonds is 3. The number of aliphatic hydroxyl groups excluding tert-OH is 1. The molecule has 1 aliphatic rings. The lowest BCUT2D eigenvalue weighted by molar-refractivity contribution is -0.185. The monoisotopic (exact) mass is 212 g/mol. The molecule has 14 heavy (non-hydrogen) atoms. The van der Waals surface area contributed by atoms with Gasteiger partial charge in [-0.25, -0.2) is 4.39 Å². The second-order valence-electron chi connectivity index (χ2n) is 3.03. The smallest absolute Gasteiger partial charge is 0.359 e. The number of carbonyl (C=O) groups is 1. The van der Waals surface area contributed by atoms with Gasteiger partial charge in [0, 0.05) is 19.6 Å². The molecule has 1 fully saturated rings. The molecule has 0 spiro atoms. The van der Waals surface area contributed by atoms with Crippen LogP contribution >= 0.6 is 0 Å². The second kappa shape index (κ2) is 4.24. The quantitative estimate of drug-likeness (QED) is 0.564. The van der Waals surface area contributed by atoms with Crippen LogP contribution in [0.25, 0.3) is 0 Å². The highest BCUT2D eigenvalue weighted by atomic mass is 19.3. The molecule has 1 heterocycles. The third-order valence-electron chi connectivity index (χ3n) is 1.99. The maximum atomic E-state index is 12.7. The van der Waals surface area contributed by atoms with Crippen LogP contribution in [-0.4, -0.2) is 48.8 Å². The zero-order valence-corrected chi connectivity index (χ0v) is 7.27. The number of Topliss-reactive ketones (excluding diaryl/α,β-unsaturated/α-hetero) is 1. The highest BCUT2D eigenvalue weighted by molar-refractivity contribution is 5.91. The summed E-state index contributed by atoms with van der Waals surface area (Å²) in [5.74, 6) is -5.96. The summed E-state index contributed by atoms with van der Waals surface area (Å²) >= 11 is 0. The first kappa shape index (κ1) is 11.4. The molecule has 4 nitrogen and oxygen atoms in total. The van der Waals surface area contributed by atoms with E-state index in [2.05, 4.69) is 10.6 Å². The number of carbonyl (C=O) groups excluding carboxylic acids is 1. The Morgan fingerprint density at radius 2 is 2.14 bits per heavy atom. The Hall–Kier alpha value is -0.660. The fourth-order valence-corrected chi connectivity index (χ4v) is 1.19. The SMILES string of the molecule is O=C(C1CNCCN1)C(F)(F)C(O)F. The molecule has 0 saturated carbocycles. The van der Waals surface area contributed by atoms with Crippen molar-refractivity contribution >= 4 is 5.78 Å². The summed E-state index contributed by atoms with van der Waals surface area (Å²) in [6.07, 6.45) is -3.45. The lowest BCUT2D eigenvalue weighted by atomic mass is 10.1. The van der Waals surface area contributed by atoms with E-state index in [9.17, 15) is 18.0 Å². The van der Waals surface area contributed by atoms with Crippen molar-refractivity contribution in [3.8, 4) is 0 Å². The van der Waals surface area contributed by atoms with Crippen LogP contribution in [0.2, 0.25) is 0 Å². The first-order valence-corrected chi connectivity index (χ1v) is 4.14. The van der Waals surface area contributed by atoms with Gasteiger partial charge in [-0.05, 0) is 0 Å². The van der Waals surface area contributed by atoms with Crippen LogP contribution in [0.5, 0.6) is 0 Å². The van der Waals surface area contributed by atoms with Crippen molar-refractivity contribution in [2.45, 2.75) is 18.3 Å². The number of aliphatic hydroxyl groups is 1. The zero-order valence-electron chi connectivity index (χ0n) is 7.27. The summed E-state index contributed by atoms with van der Waals surface area (Å²) in [6, 6.07) is -1.15. The van der Waals surface area contributed by atoms with Crippen LogP contribution in [0.15, 0.2) is 0 Å². The number of hydrogen-bond donors (Lipinski definition) is 3. The second-order valence-corrected chi connectivity index (χ2v) is 3.03. The molecule has 0 radical (unpaired) electrons. The molecule has 0 bridgehead atoms. The van der Waals surface area contributed by atoms with Gasteiger partial charge in [0.1, 0.15) is 0 Å². The molecule has 1 aliphatic heterocycles. The van der Waals surface area contributed by atoms with Crippen LogP contribution in [0.1, 0.15) is 0 Å². The maximum absolute atomic E-state index is 12.7. The Bertz CT molecular complexity index is 217. The van der Waals surface area contributed by atoms with Crippen molar-refractivity contribution in [1.82, 2.24) is 10.6 Å². The predicted molar refractivity (Wildman–Crippen MR) is 41.7 cm³/mol. The van der Waals surface area contributed by atoms with Crippen molar-refractivity contribution in [2.24, 2.45) is 0 Å². The van der Waals surface area contributed by atoms with Crippen LogP contribution < -0.4 is 10.6 Å². The minimum atomic E-state index is -4.34. The Labute approximate surface area is 78.5 Å². The van der Waals surface area contributed by atoms with Gasteiger partial charge in [0.2, 0.25) is 5.78 Å². The maximum Gasteiger partial charge on any atom is 0.361 e. The molecule has 2 atom stereocenters. The van der Waals surface area contributed by atoms with Crippen molar-refractivity contribution in [3.05, 3.63) is 0 Å². The number of hydrogen-bond acceptors (Lipinski definition) is 4. The van der Waals surface area contributed by atoms with Gasteiger partial charge in [-0.15, -0.1) is 0 Å². The van der Waals surface area contributed by atoms with E-state index in [-0.39, 0.29) is 6.54 Å². The number of halogens is 3. The minimum Gasteiger partial charge on any atom is -0.359 e. The van der Waals surface area contributed by atoms with E-state index in [1.165, 1.54) is 0 Å². The van der Waals surface area contributed by atoms with Crippen LogP contribution in [-0.2, 0) is 4.79 Å². The van der Waals surface area contributed by atoms with E-state index in [0.717, 1.165) is 0 Å². The summed E-state index contributed by atoms with van der Waals surface area (Å²) in [6.45, 7) is 0.934. The fraction of sp³-hybridized carbons (Fsp3) is 0.857. The Balaban J connectivity index is 2.63. The lowest BCUT2D eigenvalue weighted by Crippen LogP contribution is -2.58. The van der Waals surface area contributed by atoms with E-state index in [4.69, 9.17) is 5.11 Å². The molecule has 0 amide bonds. The summed E-state index contributed by atoms with van der Waals surface area (Å²) in [7, 11) is 0. The van der Waals surface area contributed by atoms with Gasteiger partial charge in [0.25, 0.3) is 6.36 Å². The van der Waals surface area contributed by atoms with Crippen LogP contribution in [0, 0.1) is 0 Å². The molecule has 1 rings (SSSR count). The van der Waals surface area contributed by atoms with Crippen LogP contribution in [0.4, 0.5) is 13.2 Å². The molecule has 1 saturated heterocycles. The molecule has 3 N–H and O–H groups in total. The Morgan fingerprint density at radius 3 is 2.57 bits per heavy atom. The molecule has 82 valence electrons. The average Bonchev–Trinajstić information content (AvgIpc) is 2.17. The molecule has 2 unspecified atom stereocenters. The molecule has 0 aromatic rings. The zero-order chi connectivity index (χ0) is 10.8. The topological polar surface area (TPSA) is 61.4 Å². The van der Waals surface area contributed by atoms with Gasteiger partial charge >= 0.3 is 5.92 Å². The van der Waals surface area contributed by atoms with Crippen molar-refractivity contribution in [3.63, 3.8) is 0 Å². The highest BCUT2D eigenvalue weighted by Crippen LogP contribution is 2.22. The van der Waals surface area contributed by atoms with Gasteiger partial charge in [0.15, 0.2) is 0 Å². The third kappa shape index (κ3) is 2.23. The van der Waals surface area contributed by atoms with Gasteiger partial charge in [-0.2, -0.15) is 8.78 Å². The Kier molecular flexibility index (Phi) is 3.46. The summed E-state index contributed by atoms with van der Waals surface area (Å²) < 4.78 is 37.4. The normalized spacial score (nSPS) is 25.9. The molecule has 7 heteroatoms. The van der Waals surface area contributed by atoms with Crippen molar-refractivity contribution < 1.29 is 23.1 Å². The van der Waals surface area contributed by atoms with Gasteiger partial charge in [0.05, 0.1) is 6.04 Å². The lowest BCUT2D eigenvalue weighted by Gasteiger charge is -2.26. The van der Waals surface area contributed by atoms with E-state index in [1.54, 1.807) is 0 Å². The van der Waals surface area contributed by atoms with E-state index < -0.39 is 24.1 Å². The average molecular weight is 212 g/mol. The molecule has 0 aromatic heterocycles. The molecule has 0 aliphatic carbocycles. The molecule has 0 aromatic carbocycles. The van der Waals surface area contributed by atoms with Crippen molar-refractivity contribution in [1.29, 1.82) is 0 Å². The summed E-state index contributed by atoms with van der Waals surface area (Å²) in [5, 5.41) is 13.3. The molecular formula is C7H11F3N2O2. The minimum absolute atomic E-state index is 0.0150. The summed E-state index contributed by atoms with van der Waals surface area (Å²) in [5.41, 5.74) is 0. The first-order valence-electron chi connectivity index (χ1n) is 4.14. The number of ketones is 1. The van der Waals surface area contributed by atoms with Gasteiger partial charge in [-0.1, -0.05) is 0 Å². The first-order chi connectivity index (χ1) is 6.46. The van der Waals surface area contributed by atoms with E-state index in [1.807, 2.05) is 0 Å². The number of piperazine rings is 1. The predicted octanol–water partition coefficient (Wildman–Crippen LogP) is -0.960. The van der Waals surface area contributed by atoms with E-state index >= 15 is 0 Å². The van der Waals surface area contributed by atoms with E-state index in [0.29, 0.717) is 13.1 Å². The standard InChI is InChI=1S/C7H11F3N2O2/c8-6(14)7(9,10)5(13)4-3-11-1-2-12-4/h4,6,11-12,14H,1-3H2.